The van der Waals surface area contributed by atoms with Crippen LogP contribution in [-0.2, 0) is 0 Å². The molecule has 1 aliphatic heterocycles. The number of hydrogen-bond donors (Lipinski definition) is 1. The smallest absolute Gasteiger partial charge is 0.0695 e. The molecular formula is C16H32N2O. The van der Waals surface area contributed by atoms with E-state index in [0.29, 0.717) is 6.04 Å². The predicted molar refractivity (Wildman–Crippen MR) is 80.3 cm³/mol. The van der Waals surface area contributed by atoms with Crippen LogP contribution in [0.5, 0.6) is 0 Å². The van der Waals surface area contributed by atoms with Gasteiger partial charge in [-0.15, -0.1) is 0 Å². The van der Waals surface area contributed by atoms with Crippen molar-refractivity contribution in [2.24, 2.45) is 11.8 Å². The largest absolute Gasteiger partial charge is 0.391 e. The van der Waals surface area contributed by atoms with Crippen molar-refractivity contribution < 1.29 is 5.11 Å². The number of aliphatic hydroxyl groups is 1. The van der Waals surface area contributed by atoms with Crippen molar-refractivity contribution in [3.63, 3.8) is 0 Å². The van der Waals surface area contributed by atoms with Crippen LogP contribution >= 0.6 is 0 Å². The number of piperidine rings is 1. The summed E-state index contributed by atoms with van der Waals surface area (Å²) in [5.41, 5.74) is 0. The Morgan fingerprint density at radius 3 is 2.21 bits per heavy atom. The zero-order chi connectivity index (χ0) is 14.0. The predicted octanol–water partition coefficient (Wildman–Crippen LogP) is 2.20. The molecule has 1 saturated heterocycles. The first kappa shape index (κ1) is 15.3. The van der Waals surface area contributed by atoms with Crippen LogP contribution in [0.1, 0.15) is 46.0 Å². The summed E-state index contributed by atoms with van der Waals surface area (Å²) < 4.78 is 0. The van der Waals surface area contributed by atoms with Crippen LogP contribution in [0.2, 0.25) is 0 Å². The minimum atomic E-state index is -0.0918. The van der Waals surface area contributed by atoms with E-state index in [2.05, 4.69) is 37.7 Å². The summed E-state index contributed by atoms with van der Waals surface area (Å²) in [5.74, 6) is 1.56. The summed E-state index contributed by atoms with van der Waals surface area (Å²) in [5, 5.41) is 10.3. The Labute approximate surface area is 119 Å². The second-order valence-corrected chi connectivity index (χ2v) is 7.18. The van der Waals surface area contributed by atoms with Crippen LogP contribution < -0.4 is 0 Å². The molecule has 112 valence electrons. The molecule has 0 aromatic carbocycles. The van der Waals surface area contributed by atoms with Gasteiger partial charge in [0.05, 0.1) is 6.10 Å². The van der Waals surface area contributed by atoms with Crippen molar-refractivity contribution in [1.29, 1.82) is 0 Å². The van der Waals surface area contributed by atoms with Gasteiger partial charge >= 0.3 is 0 Å². The maximum atomic E-state index is 10.3. The van der Waals surface area contributed by atoms with Crippen LogP contribution in [0.4, 0.5) is 0 Å². The lowest BCUT2D eigenvalue weighted by Gasteiger charge is -2.45. The molecule has 2 aliphatic rings. The van der Waals surface area contributed by atoms with Gasteiger partial charge in [0.25, 0.3) is 0 Å². The first-order chi connectivity index (χ1) is 8.99. The number of likely N-dealkylation sites (tertiary alicyclic amines) is 1. The van der Waals surface area contributed by atoms with E-state index in [1.54, 1.807) is 0 Å². The van der Waals surface area contributed by atoms with E-state index >= 15 is 0 Å². The summed E-state index contributed by atoms with van der Waals surface area (Å²) in [7, 11) is 4.37. The van der Waals surface area contributed by atoms with Crippen molar-refractivity contribution in [3.8, 4) is 0 Å². The van der Waals surface area contributed by atoms with Gasteiger partial charge < -0.3 is 10.0 Å². The molecule has 3 unspecified atom stereocenters. The van der Waals surface area contributed by atoms with Crippen LogP contribution in [0, 0.1) is 11.8 Å². The molecule has 0 bridgehead atoms. The molecule has 1 N–H and O–H groups in total. The molecule has 0 radical (unpaired) electrons. The third-order valence-corrected chi connectivity index (χ3v) is 5.46. The van der Waals surface area contributed by atoms with Gasteiger partial charge in [-0.3, -0.25) is 4.90 Å². The molecule has 2 rings (SSSR count). The first-order valence-corrected chi connectivity index (χ1v) is 8.07. The van der Waals surface area contributed by atoms with Crippen LogP contribution in [0.15, 0.2) is 0 Å². The number of rotatable bonds is 3. The highest BCUT2D eigenvalue weighted by Gasteiger charge is 2.36. The molecule has 1 saturated carbocycles. The minimum Gasteiger partial charge on any atom is -0.391 e. The molecule has 0 spiro atoms. The molecule has 2 fully saturated rings. The zero-order valence-corrected chi connectivity index (χ0v) is 13.2. The number of hydrogen-bond acceptors (Lipinski definition) is 3. The Morgan fingerprint density at radius 2 is 1.68 bits per heavy atom. The molecule has 1 aliphatic carbocycles. The summed E-state index contributed by atoms with van der Waals surface area (Å²) in [6.07, 6.45) is 5.83. The molecule has 3 heteroatoms. The normalized spacial score (nSPS) is 35.2. The lowest BCUT2D eigenvalue weighted by Crippen LogP contribution is -2.52. The molecule has 1 heterocycles. The van der Waals surface area contributed by atoms with Crippen molar-refractivity contribution >= 4 is 0 Å². The van der Waals surface area contributed by atoms with Crippen molar-refractivity contribution in [2.45, 2.75) is 64.1 Å². The topological polar surface area (TPSA) is 26.7 Å². The van der Waals surface area contributed by atoms with Gasteiger partial charge in [-0.25, -0.2) is 0 Å². The van der Waals surface area contributed by atoms with E-state index in [1.807, 2.05) is 0 Å². The Morgan fingerprint density at radius 1 is 1.05 bits per heavy atom. The fourth-order valence-corrected chi connectivity index (χ4v) is 3.89. The average molecular weight is 268 g/mol. The monoisotopic (exact) mass is 268 g/mol. The van der Waals surface area contributed by atoms with Gasteiger partial charge in [0, 0.05) is 25.2 Å². The fraction of sp³-hybridized carbons (Fsp3) is 1.00. The molecule has 0 amide bonds. The zero-order valence-electron chi connectivity index (χ0n) is 13.2. The summed E-state index contributed by atoms with van der Waals surface area (Å²) in [6.45, 7) is 6.99. The van der Waals surface area contributed by atoms with Gasteiger partial charge in [-0.2, -0.15) is 0 Å². The lowest BCUT2D eigenvalue weighted by atomic mass is 9.77. The third-order valence-electron chi connectivity index (χ3n) is 5.46. The highest BCUT2D eigenvalue weighted by atomic mass is 16.3. The Bertz CT molecular complexity index is 272. The second kappa shape index (κ2) is 6.55. The minimum absolute atomic E-state index is 0.0918. The van der Waals surface area contributed by atoms with E-state index in [0.717, 1.165) is 37.4 Å². The molecule has 0 aromatic heterocycles. The molecule has 0 aromatic rings. The maximum Gasteiger partial charge on any atom is 0.0695 e. The molecule has 3 atom stereocenters. The third kappa shape index (κ3) is 3.71. The van der Waals surface area contributed by atoms with E-state index in [9.17, 15) is 5.11 Å². The maximum absolute atomic E-state index is 10.3. The number of nitrogens with zero attached hydrogens (tertiary/aromatic N) is 2. The van der Waals surface area contributed by atoms with Gasteiger partial charge in [-0.05, 0) is 58.0 Å². The van der Waals surface area contributed by atoms with Gasteiger partial charge in [0.2, 0.25) is 0 Å². The van der Waals surface area contributed by atoms with E-state index < -0.39 is 0 Å². The lowest BCUT2D eigenvalue weighted by molar-refractivity contribution is -0.0196. The highest BCUT2D eigenvalue weighted by molar-refractivity contribution is 4.90. The Kier molecular flexibility index (Phi) is 5.27. The van der Waals surface area contributed by atoms with Gasteiger partial charge in [-0.1, -0.05) is 13.8 Å². The molecular weight excluding hydrogens is 236 g/mol. The average Bonchev–Trinajstić information content (AvgIpc) is 2.39. The molecule has 3 nitrogen and oxygen atoms in total. The van der Waals surface area contributed by atoms with Crippen LogP contribution in [0.3, 0.4) is 0 Å². The standard InChI is InChI=1S/C16H32N2O/c1-12(2)13-5-6-16(19)15(11-13)18-9-7-14(8-10-18)17(3)4/h12-16,19H,5-11H2,1-4H3. The van der Waals surface area contributed by atoms with Gasteiger partial charge in [0.1, 0.15) is 0 Å². The Hall–Kier alpha value is -0.120. The Balaban J connectivity index is 1.90. The summed E-state index contributed by atoms with van der Waals surface area (Å²) in [6, 6.07) is 1.15. The van der Waals surface area contributed by atoms with Crippen molar-refractivity contribution in [2.75, 3.05) is 27.2 Å². The van der Waals surface area contributed by atoms with Crippen molar-refractivity contribution in [1.82, 2.24) is 9.80 Å². The van der Waals surface area contributed by atoms with Gasteiger partial charge in [0.15, 0.2) is 0 Å². The highest BCUT2D eigenvalue weighted by Crippen LogP contribution is 2.34. The van der Waals surface area contributed by atoms with Crippen molar-refractivity contribution in [3.05, 3.63) is 0 Å². The first-order valence-electron chi connectivity index (χ1n) is 8.07. The second-order valence-electron chi connectivity index (χ2n) is 7.18. The van der Waals surface area contributed by atoms with E-state index in [4.69, 9.17) is 0 Å². The molecule has 19 heavy (non-hydrogen) atoms. The SMILES string of the molecule is CC(C)C1CCC(O)C(N2CCC(N(C)C)CC2)C1. The van der Waals surface area contributed by atoms with E-state index in [1.165, 1.54) is 25.7 Å². The van der Waals surface area contributed by atoms with E-state index in [-0.39, 0.29) is 6.10 Å². The summed E-state index contributed by atoms with van der Waals surface area (Å²) in [4.78, 5) is 4.92. The quantitative estimate of drug-likeness (QED) is 0.850. The number of aliphatic hydroxyl groups excluding tert-OH is 1. The summed E-state index contributed by atoms with van der Waals surface area (Å²) >= 11 is 0. The fourth-order valence-electron chi connectivity index (χ4n) is 3.89. The van der Waals surface area contributed by atoms with Crippen LogP contribution in [-0.4, -0.2) is 60.3 Å². The van der Waals surface area contributed by atoms with Crippen LogP contribution in [0.25, 0.3) is 0 Å².